The molecule has 13 nitrogen and oxygen atoms in total. The van der Waals surface area contributed by atoms with Gasteiger partial charge in [0.25, 0.3) is 0 Å². The molecule has 0 rings (SSSR count). The molecule has 0 saturated carbocycles. The van der Waals surface area contributed by atoms with Crippen LogP contribution in [0.4, 0.5) is 0 Å². The largest absolute Gasteiger partial charge is 0.480 e. The van der Waals surface area contributed by atoms with Gasteiger partial charge in [-0.25, -0.2) is 4.79 Å². The fourth-order valence-electron chi connectivity index (χ4n) is 3.19. The van der Waals surface area contributed by atoms with E-state index in [0.29, 0.717) is 19.3 Å². The molecule has 0 aromatic carbocycles. The molecule has 0 bridgehead atoms. The van der Waals surface area contributed by atoms with Gasteiger partial charge in [0.05, 0.1) is 12.1 Å². The van der Waals surface area contributed by atoms with E-state index in [-0.39, 0.29) is 30.8 Å². The highest BCUT2D eigenvalue weighted by molar-refractivity contribution is 5.94. The Labute approximate surface area is 206 Å². The lowest BCUT2D eigenvalue weighted by atomic mass is 9.95. The standard InChI is InChI=1S/C22H43N7O6/c1-6-11(3)15(19(32)28-16(21(34)35)12(4)7-2)27-20(33)17(13(5)30)29-18(31)14(23)9-8-10-26-22(24)25/h11-17,30H,6-10,23H2,1-5H3,(H,27,33)(H,28,32)(H,29,31)(H,34,35)(H4,24,25,26). The minimum atomic E-state index is -1.38. The Morgan fingerprint density at radius 1 is 0.829 bits per heavy atom. The molecule has 35 heavy (non-hydrogen) atoms. The number of aliphatic carboxylic acids is 1. The number of hydrogen-bond donors (Lipinski definition) is 8. The molecule has 3 amide bonds. The SMILES string of the molecule is CCC(C)C(NC(=O)C(NC(=O)C(NC(=O)C(N)CCCN=C(N)N)C(C)O)C(C)CC)C(=O)O. The van der Waals surface area contributed by atoms with Crippen LogP contribution in [0.1, 0.15) is 60.3 Å². The second-order valence-electron chi connectivity index (χ2n) is 8.86. The number of nitrogens with two attached hydrogens (primary N) is 3. The van der Waals surface area contributed by atoms with Gasteiger partial charge in [-0.05, 0) is 31.6 Å². The maximum atomic E-state index is 13.0. The fraction of sp³-hybridized carbons (Fsp3) is 0.773. The van der Waals surface area contributed by atoms with E-state index in [9.17, 15) is 29.4 Å². The van der Waals surface area contributed by atoms with Crippen LogP contribution in [0.25, 0.3) is 0 Å². The minimum absolute atomic E-state index is 0.0763. The first kappa shape index (κ1) is 32.1. The van der Waals surface area contributed by atoms with E-state index in [2.05, 4.69) is 20.9 Å². The molecular formula is C22H43N7O6. The summed E-state index contributed by atoms with van der Waals surface area (Å²) in [5.41, 5.74) is 16.4. The number of guanidine groups is 1. The highest BCUT2D eigenvalue weighted by atomic mass is 16.4. The van der Waals surface area contributed by atoms with Crippen molar-refractivity contribution in [2.45, 2.75) is 90.6 Å². The summed E-state index contributed by atoms with van der Waals surface area (Å²) in [4.78, 5) is 53.8. The van der Waals surface area contributed by atoms with Gasteiger partial charge in [-0.3, -0.25) is 19.4 Å². The molecule has 0 aliphatic carbocycles. The van der Waals surface area contributed by atoms with E-state index < -0.39 is 54.0 Å². The lowest BCUT2D eigenvalue weighted by molar-refractivity contribution is -0.144. The average Bonchev–Trinajstić information content (AvgIpc) is 2.79. The lowest BCUT2D eigenvalue weighted by Gasteiger charge is -2.29. The van der Waals surface area contributed by atoms with Crippen molar-refractivity contribution in [2.24, 2.45) is 34.0 Å². The molecule has 0 radical (unpaired) electrons. The number of nitrogens with one attached hydrogen (secondary N) is 3. The Morgan fingerprint density at radius 2 is 1.29 bits per heavy atom. The third-order valence-corrected chi connectivity index (χ3v) is 5.94. The molecule has 0 heterocycles. The summed E-state index contributed by atoms with van der Waals surface area (Å²) in [6, 6.07) is -4.56. The Bertz CT molecular complexity index is 742. The van der Waals surface area contributed by atoms with Gasteiger partial charge in [-0.15, -0.1) is 0 Å². The Hall–Kier alpha value is -2.93. The first-order valence-corrected chi connectivity index (χ1v) is 11.9. The normalized spacial score (nSPS) is 17.0. The molecule has 11 N–H and O–H groups in total. The van der Waals surface area contributed by atoms with Gasteiger partial charge >= 0.3 is 5.97 Å². The van der Waals surface area contributed by atoms with Gasteiger partial charge in [0.1, 0.15) is 18.1 Å². The monoisotopic (exact) mass is 501 g/mol. The van der Waals surface area contributed by atoms with Crippen molar-refractivity contribution in [1.82, 2.24) is 16.0 Å². The average molecular weight is 502 g/mol. The summed E-state index contributed by atoms with van der Waals surface area (Å²) in [6.07, 6.45) is 0.405. The number of carboxylic acid groups (broad SMARTS) is 1. The number of hydrogen-bond acceptors (Lipinski definition) is 7. The van der Waals surface area contributed by atoms with E-state index in [0.717, 1.165) is 0 Å². The quantitative estimate of drug-likeness (QED) is 0.0688. The summed E-state index contributed by atoms with van der Waals surface area (Å²) in [6.45, 7) is 8.65. The highest BCUT2D eigenvalue weighted by Gasteiger charge is 2.35. The summed E-state index contributed by atoms with van der Waals surface area (Å²) in [5.74, 6) is -4.05. The molecule has 0 saturated heterocycles. The molecule has 0 aromatic heterocycles. The van der Waals surface area contributed by atoms with Crippen molar-refractivity contribution < 1.29 is 29.4 Å². The van der Waals surface area contributed by atoms with Gasteiger partial charge in [0.2, 0.25) is 17.7 Å². The molecule has 7 atom stereocenters. The van der Waals surface area contributed by atoms with Gasteiger partial charge in [0.15, 0.2) is 5.96 Å². The second kappa shape index (κ2) is 15.9. The zero-order chi connectivity index (χ0) is 27.3. The van der Waals surface area contributed by atoms with E-state index in [1.165, 1.54) is 6.92 Å². The first-order valence-electron chi connectivity index (χ1n) is 11.9. The highest BCUT2D eigenvalue weighted by Crippen LogP contribution is 2.13. The number of carbonyl (C=O) groups is 4. The maximum Gasteiger partial charge on any atom is 0.326 e. The minimum Gasteiger partial charge on any atom is -0.480 e. The Balaban J connectivity index is 5.40. The van der Waals surface area contributed by atoms with Crippen molar-refractivity contribution >= 4 is 29.7 Å². The number of rotatable bonds is 16. The van der Waals surface area contributed by atoms with Crippen LogP contribution >= 0.6 is 0 Å². The number of aliphatic hydroxyl groups excluding tert-OH is 1. The zero-order valence-corrected chi connectivity index (χ0v) is 21.3. The van der Waals surface area contributed by atoms with Crippen LogP contribution in [0.5, 0.6) is 0 Å². The summed E-state index contributed by atoms with van der Waals surface area (Å²) >= 11 is 0. The summed E-state index contributed by atoms with van der Waals surface area (Å²) < 4.78 is 0. The fourth-order valence-corrected chi connectivity index (χ4v) is 3.19. The number of aliphatic imine (C=N–C) groups is 1. The van der Waals surface area contributed by atoms with E-state index in [1.807, 2.05) is 13.8 Å². The van der Waals surface area contributed by atoms with Crippen molar-refractivity contribution in [2.75, 3.05) is 6.54 Å². The molecule has 0 aliphatic rings. The number of carboxylic acids is 1. The third kappa shape index (κ3) is 11.4. The molecule has 0 fully saturated rings. The van der Waals surface area contributed by atoms with Crippen LogP contribution in [0.2, 0.25) is 0 Å². The van der Waals surface area contributed by atoms with Crippen LogP contribution in [0, 0.1) is 11.8 Å². The van der Waals surface area contributed by atoms with Gasteiger partial charge < -0.3 is 43.4 Å². The summed E-state index contributed by atoms with van der Waals surface area (Å²) in [7, 11) is 0. The molecule has 202 valence electrons. The maximum absolute atomic E-state index is 13.0. The van der Waals surface area contributed by atoms with Crippen molar-refractivity contribution in [1.29, 1.82) is 0 Å². The number of carbonyl (C=O) groups excluding carboxylic acids is 3. The van der Waals surface area contributed by atoms with Crippen LogP contribution in [0.3, 0.4) is 0 Å². The molecule has 0 aliphatic heterocycles. The van der Waals surface area contributed by atoms with E-state index in [1.54, 1.807) is 13.8 Å². The first-order chi connectivity index (χ1) is 16.3. The molecule has 0 aromatic rings. The number of nitrogens with zero attached hydrogens (tertiary/aromatic N) is 1. The van der Waals surface area contributed by atoms with Crippen LogP contribution in [-0.2, 0) is 19.2 Å². The Morgan fingerprint density at radius 3 is 1.74 bits per heavy atom. The van der Waals surface area contributed by atoms with E-state index >= 15 is 0 Å². The van der Waals surface area contributed by atoms with Crippen LogP contribution in [0.15, 0.2) is 4.99 Å². The predicted octanol–water partition coefficient (Wildman–Crippen LogP) is -1.62. The van der Waals surface area contributed by atoms with Crippen LogP contribution < -0.4 is 33.2 Å². The third-order valence-electron chi connectivity index (χ3n) is 5.94. The van der Waals surface area contributed by atoms with E-state index in [4.69, 9.17) is 17.2 Å². The smallest absolute Gasteiger partial charge is 0.326 e. The van der Waals surface area contributed by atoms with Crippen molar-refractivity contribution in [3.05, 3.63) is 0 Å². The molecular weight excluding hydrogens is 458 g/mol. The topological polar surface area (TPSA) is 235 Å². The summed E-state index contributed by atoms with van der Waals surface area (Å²) in [5, 5.41) is 27.1. The number of amides is 3. The molecule has 7 unspecified atom stereocenters. The lowest BCUT2D eigenvalue weighted by Crippen LogP contribution is -2.61. The predicted molar refractivity (Wildman–Crippen MR) is 132 cm³/mol. The Kier molecular flexibility index (Phi) is 14.5. The van der Waals surface area contributed by atoms with Crippen LogP contribution in [-0.4, -0.2) is 76.7 Å². The van der Waals surface area contributed by atoms with Gasteiger partial charge in [-0.1, -0.05) is 40.5 Å². The number of aliphatic hydroxyl groups is 1. The second-order valence-corrected chi connectivity index (χ2v) is 8.86. The van der Waals surface area contributed by atoms with Gasteiger partial charge in [-0.2, -0.15) is 0 Å². The van der Waals surface area contributed by atoms with Crippen molar-refractivity contribution in [3.8, 4) is 0 Å². The molecule has 13 heteroatoms. The van der Waals surface area contributed by atoms with Gasteiger partial charge in [0, 0.05) is 6.54 Å². The molecule has 0 spiro atoms. The zero-order valence-electron chi connectivity index (χ0n) is 21.3. The van der Waals surface area contributed by atoms with Crippen molar-refractivity contribution in [3.63, 3.8) is 0 Å².